The quantitative estimate of drug-likeness (QED) is 0.513. The van der Waals surface area contributed by atoms with Crippen LogP contribution in [0.3, 0.4) is 0 Å². The third kappa shape index (κ3) is 1.50. The standard InChI is InChI=1S/C6H10O3/c1-8-6-5(7)3-2-4-9-6/h6H,2-4H2,1H3/t6-/m0/s1. The molecule has 0 unspecified atom stereocenters. The van der Waals surface area contributed by atoms with E-state index >= 15 is 0 Å². The zero-order valence-electron chi connectivity index (χ0n) is 5.42. The Labute approximate surface area is 53.9 Å². The van der Waals surface area contributed by atoms with E-state index in [1.807, 2.05) is 0 Å². The number of rotatable bonds is 1. The molecule has 1 fully saturated rings. The van der Waals surface area contributed by atoms with E-state index in [4.69, 9.17) is 9.47 Å². The zero-order valence-corrected chi connectivity index (χ0v) is 5.42. The minimum absolute atomic E-state index is 0.0590. The van der Waals surface area contributed by atoms with E-state index in [-0.39, 0.29) is 5.78 Å². The smallest absolute Gasteiger partial charge is 0.217 e. The predicted octanol–water partition coefficient (Wildman–Crippen LogP) is 0.338. The van der Waals surface area contributed by atoms with Gasteiger partial charge < -0.3 is 9.47 Å². The van der Waals surface area contributed by atoms with Gasteiger partial charge in [-0.1, -0.05) is 0 Å². The molecule has 1 aliphatic heterocycles. The van der Waals surface area contributed by atoms with Crippen molar-refractivity contribution in [2.75, 3.05) is 13.7 Å². The van der Waals surface area contributed by atoms with Gasteiger partial charge in [-0.3, -0.25) is 4.79 Å². The number of hydrogen-bond acceptors (Lipinski definition) is 3. The topological polar surface area (TPSA) is 35.5 Å². The molecule has 0 bridgehead atoms. The van der Waals surface area contributed by atoms with Gasteiger partial charge in [-0.2, -0.15) is 0 Å². The van der Waals surface area contributed by atoms with Crippen LogP contribution in [0.4, 0.5) is 0 Å². The van der Waals surface area contributed by atoms with Crippen molar-refractivity contribution in [1.29, 1.82) is 0 Å². The summed E-state index contributed by atoms with van der Waals surface area (Å²) in [6.07, 6.45) is 0.843. The van der Waals surface area contributed by atoms with Gasteiger partial charge >= 0.3 is 0 Å². The summed E-state index contributed by atoms with van der Waals surface area (Å²) >= 11 is 0. The fourth-order valence-electron chi connectivity index (χ4n) is 0.847. The fraction of sp³-hybridized carbons (Fsp3) is 0.833. The van der Waals surface area contributed by atoms with E-state index in [0.29, 0.717) is 13.0 Å². The highest BCUT2D eigenvalue weighted by atomic mass is 16.7. The summed E-state index contributed by atoms with van der Waals surface area (Å²) in [7, 11) is 1.48. The number of hydrogen-bond donors (Lipinski definition) is 0. The second-order valence-electron chi connectivity index (χ2n) is 2.01. The largest absolute Gasteiger partial charge is 0.349 e. The van der Waals surface area contributed by atoms with Gasteiger partial charge in [0, 0.05) is 13.5 Å². The van der Waals surface area contributed by atoms with Crippen LogP contribution in [0.25, 0.3) is 0 Å². The van der Waals surface area contributed by atoms with Crippen molar-refractivity contribution in [1.82, 2.24) is 0 Å². The summed E-state index contributed by atoms with van der Waals surface area (Å²) in [5.41, 5.74) is 0. The Bertz CT molecular complexity index is 111. The highest BCUT2D eigenvalue weighted by Gasteiger charge is 2.21. The van der Waals surface area contributed by atoms with Gasteiger partial charge in [0.05, 0.1) is 6.61 Å². The molecule has 1 atom stereocenters. The molecule has 1 rings (SSSR count). The number of ether oxygens (including phenoxy) is 2. The van der Waals surface area contributed by atoms with E-state index in [1.54, 1.807) is 0 Å². The van der Waals surface area contributed by atoms with Gasteiger partial charge in [-0.05, 0) is 6.42 Å². The van der Waals surface area contributed by atoms with Gasteiger partial charge in [0.1, 0.15) is 0 Å². The summed E-state index contributed by atoms with van der Waals surface area (Å²) in [5, 5.41) is 0. The van der Waals surface area contributed by atoms with Gasteiger partial charge in [0.2, 0.25) is 6.29 Å². The van der Waals surface area contributed by atoms with Gasteiger partial charge in [0.15, 0.2) is 5.78 Å². The number of carbonyl (C=O) groups is 1. The van der Waals surface area contributed by atoms with Crippen LogP contribution in [0.1, 0.15) is 12.8 Å². The maximum Gasteiger partial charge on any atom is 0.217 e. The average molecular weight is 130 g/mol. The van der Waals surface area contributed by atoms with Gasteiger partial charge in [0.25, 0.3) is 0 Å². The molecule has 0 spiro atoms. The first-order valence-corrected chi connectivity index (χ1v) is 3.01. The first kappa shape index (κ1) is 6.71. The molecule has 3 heteroatoms. The molecule has 0 N–H and O–H groups in total. The number of methoxy groups -OCH3 is 1. The second kappa shape index (κ2) is 2.94. The minimum atomic E-state index is -0.584. The van der Waals surface area contributed by atoms with Crippen LogP contribution in [0, 0.1) is 0 Å². The first-order chi connectivity index (χ1) is 4.34. The molecular weight excluding hydrogens is 120 g/mol. The summed E-state index contributed by atoms with van der Waals surface area (Å²) in [5.74, 6) is 0.0590. The molecule has 0 saturated carbocycles. The molecule has 0 radical (unpaired) electrons. The van der Waals surface area contributed by atoms with Crippen LogP contribution >= 0.6 is 0 Å². The molecule has 0 aromatic carbocycles. The third-order valence-electron chi connectivity index (χ3n) is 1.31. The van der Waals surface area contributed by atoms with Crippen LogP contribution in [-0.4, -0.2) is 25.8 Å². The Morgan fingerprint density at radius 3 is 3.00 bits per heavy atom. The molecular formula is C6H10O3. The van der Waals surface area contributed by atoms with Crippen molar-refractivity contribution in [3.63, 3.8) is 0 Å². The van der Waals surface area contributed by atoms with E-state index in [0.717, 1.165) is 6.42 Å². The van der Waals surface area contributed by atoms with E-state index in [2.05, 4.69) is 0 Å². The lowest BCUT2D eigenvalue weighted by atomic mass is 10.2. The number of carbonyl (C=O) groups excluding carboxylic acids is 1. The molecule has 3 nitrogen and oxygen atoms in total. The Morgan fingerprint density at radius 2 is 2.56 bits per heavy atom. The monoisotopic (exact) mass is 130 g/mol. The molecule has 0 aliphatic carbocycles. The summed E-state index contributed by atoms with van der Waals surface area (Å²) in [4.78, 5) is 10.8. The second-order valence-corrected chi connectivity index (χ2v) is 2.01. The summed E-state index contributed by atoms with van der Waals surface area (Å²) in [6, 6.07) is 0. The van der Waals surface area contributed by atoms with Crippen molar-refractivity contribution < 1.29 is 14.3 Å². The number of Topliss-reactive ketones (excluding diaryl/α,β-unsaturated/α-hetero) is 1. The fourth-order valence-corrected chi connectivity index (χ4v) is 0.847. The Balaban J connectivity index is 2.39. The van der Waals surface area contributed by atoms with Crippen LogP contribution in [0.5, 0.6) is 0 Å². The molecule has 1 heterocycles. The molecule has 1 aliphatic rings. The van der Waals surface area contributed by atoms with Crippen LogP contribution in [0.15, 0.2) is 0 Å². The molecule has 52 valence electrons. The molecule has 0 aromatic heterocycles. The first-order valence-electron chi connectivity index (χ1n) is 3.01. The average Bonchev–Trinajstić information content (AvgIpc) is 1.89. The molecule has 0 aromatic rings. The maximum absolute atomic E-state index is 10.8. The Hall–Kier alpha value is -0.410. The van der Waals surface area contributed by atoms with Gasteiger partial charge in [-0.25, -0.2) is 0 Å². The SMILES string of the molecule is CO[C@H]1OCCCC1=O. The van der Waals surface area contributed by atoms with Crippen LogP contribution in [0.2, 0.25) is 0 Å². The molecule has 9 heavy (non-hydrogen) atoms. The highest BCUT2D eigenvalue weighted by molar-refractivity contribution is 5.82. The Kier molecular flexibility index (Phi) is 2.19. The van der Waals surface area contributed by atoms with Crippen molar-refractivity contribution in [3.05, 3.63) is 0 Å². The highest BCUT2D eigenvalue weighted by Crippen LogP contribution is 2.08. The number of ketones is 1. The lowest BCUT2D eigenvalue weighted by Crippen LogP contribution is -2.30. The summed E-state index contributed by atoms with van der Waals surface area (Å²) in [6.45, 7) is 0.643. The van der Waals surface area contributed by atoms with Crippen molar-refractivity contribution in [2.45, 2.75) is 19.1 Å². The van der Waals surface area contributed by atoms with Crippen molar-refractivity contribution in [3.8, 4) is 0 Å². The Morgan fingerprint density at radius 1 is 1.78 bits per heavy atom. The van der Waals surface area contributed by atoms with Gasteiger partial charge in [-0.15, -0.1) is 0 Å². The zero-order chi connectivity index (χ0) is 6.69. The molecule has 1 saturated heterocycles. The van der Waals surface area contributed by atoms with E-state index in [1.165, 1.54) is 7.11 Å². The predicted molar refractivity (Wildman–Crippen MR) is 31.0 cm³/mol. The molecule has 0 amide bonds. The van der Waals surface area contributed by atoms with Crippen LogP contribution < -0.4 is 0 Å². The van der Waals surface area contributed by atoms with Crippen molar-refractivity contribution >= 4 is 5.78 Å². The lowest BCUT2D eigenvalue weighted by molar-refractivity contribution is -0.171. The lowest BCUT2D eigenvalue weighted by Gasteiger charge is -2.18. The normalized spacial score (nSPS) is 28.6. The van der Waals surface area contributed by atoms with Crippen LogP contribution in [-0.2, 0) is 14.3 Å². The minimum Gasteiger partial charge on any atom is -0.349 e. The van der Waals surface area contributed by atoms with Crippen molar-refractivity contribution in [2.24, 2.45) is 0 Å². The summed E-state index contributed by atoms with van der Waals surface area (Å²) < 4.78 is 9.70. The van der Waals surface area contributed by atoms with E-state index in [9.17, 15) is 4.79 Å². The third-order valence-corrected chi connectivity index (χ3v) is 1.31. The van der Waals surface area contributed by atoms with E-state index < -0.39 is 6.29 Å². The maximum atomic E-state index is 10.8.